The Labute approximate surface area is 96.4 Å². The second-order valence-corrected chi connectivity index (χ2v) is 4.91. The van der Waals surface area contributed by atoms with E-state index in [1.165, 1.54) is 18.4 Å². The molecule has 2 heteroatoms. The third-order valence-corrected chi connectivity index (χ3v) is 3.57. The van der Waals surface area contributed by atoms with Gasteiger partial charge in [0.05, 0.1) is 7.11 Å². The number of alkyl halides is 1. The summed E-state index contributed by atoms with van der Waals surface area (Å²) in [7, 11) is 1.73. The predicted molar refractivity (Wildman–Crippen MR) is 63.7 cm³/mol. The van der Waals surface area contributed by atoms with Crippen molar-refractivity contribution in [2.75, 3.05) is 7.11 Å². The van der Waals surface area contributed by atoms with E-state index < -0.39 is 0 Å². The predicted octanol–water partition coefficient (Wildman–Crippen LogP) is 3.65. The Hall–Kier alpha value is -0.690. The fraction of sp³-hybridized carbons (Fsp3) is 0.538. The number of rotatable bonds is 3. The van der Waals surface area contributed by atoms with Crippen molar-refractivity contribution in [3.05, 3.63) is 29.8 Å². The topological polar surface area (TPSA) is 9.23 Å². The van der Waals surface area contributed by atoms with Crippen molar-refractivity contribution in [2.45, 2.75) is 31.1 Å². The van der Waals surface area contributed by atoms with Crippen LogP contribution in [0.15, 0.2) is 24.3 Å². The summed E-state index contributed by atoms with van der Waals surface area (Å²) in [4.78, 5) is 0. The van der Waals surface area contributed by atoms with E-state index in [0.29, 0.717) is 5.38 Å². The summed E-state index contributed by atoms with van der Waals surface area (Å²) < 4.78 is 5.35. The van der Waals surface area contributed by atoms with Crippen LogP contribution in [-0.4, -0.2) is 12.5 Å². The zero-order valence-corrected chi connectivity index (χ0v) is 9.83. The maximum atomic E-state index is 6.12. The minimum Gasteiger partial charge on any atom is -0.496 e. The Morgan fingerprint density at radius 1 is 1.33 bits per heavy atom. The first-order valence-corrected chi connectivity index (χ1v) is 5.99. The minimum atomic E-state index is 0.393. The number of methoxy groups -OCH3 is 1. The molecule has 1 aromatic rings. The molecule has 0 radical (unpaired) electrons. The molecule has 1 aliphatic rings. The lowest BCUT2D eigenvalue weighted by molar-refractivity contribution is 0.404. The molecule has 1 aromatic carbocycles. The molecule has 0 saturated heterocycles. The molecule has 1 saturated carbocycles. The quantitative estimate of drug-likeness (QED) is 0.713. The van der Waals surface area contributed by atoms with E-state index in [2.05, 4.69) is 12.1 Å². The molecular formula is C13H17ClO. The van der Waals surface area contributed by atoms with Crippen LogP contribution in [0.1, 0.15) is 24.8 Å². The summed E-state index contributed by atoms with van der Waals surface area (Å²) in [5, 5.41) is 0.393. The fourth-order valence-electron chi connectivity index (χ4n) is 2.38. The van der Waals surface area contributed by atoms with Crippen LogP contribution >= 0.6 is 11.6 Å². The number of benzene rings is 1. The van der Waals surface area contributed by atoms with Crippen LogP contribution in [0.2, 0.25) is 0 Å². The van der Waals surface area contributed by atoms with Crippen molar-refractivity contribution in [3.63, 3.8) is 0 Å². The van der Waals surface area contributed by atoms with E-state index in [9.17, 15) is 0 Å². The normalized spacial score (nSPS) is 25.5. The molecular weight excluding hydrogens is 208 g/mol. The van der Waals surface area contributed by atoms with Gasteiger partial charge in [0.2, 0.25) is 0 Å². The lowest BCUT2D eigenvalue weighted by atomic mass is 9.97. The lowest BCUT2D eigenvalue weighted by Crippen LogP contribution is -2.02. The minimum absolute atomic E-state index is 0.393. The lowest BCUT2D eigenvalue weighted by Gasteiger charge is -2.12. The zero-order valence-electron chi connectivity index (χ0n) is 9.08. The van der Waals surface area contributed by atoms with E-state index in [1.807, 2.05) is 12.1 Å². The highest BCUT2D eigenvalue weighted by Gasteiger charge is 2.23. The molecule has 1 nitrogen and oxygen atoms in total. The van der Waals surface area contributed by atoms with Crippen molar-refractivity contribution in [1.82, 2.24) is 0 Å². The van der Waals surface area contributed by atoms with Crippen LogP contribution in [-0.2, 0) is 6.42 Å². The SMILES string of the molecule is COc1ccccc1CC1CCC(Cl)C1. The molecule has 82 valence electrons. The summed E-state index contributed by atoms with van der Waals surface area (Å²) in [6.07, 6.45) is 4.68. The van der Waals surface area contributed by atoms with Crippen LogP contribution in [0.5, 0.6) is 5.75 Å². The summed E-state index contributed by atoms with van der Waals surface area (Å²) in [6, 6.07) is 8.27. The summed E-state index contributed by atoms with van der Waals surface area (Å²) in [5.74, 6) is 1.75. The highest BCUT2D eigenvalue weighted by Crippen LogP contribution is 2.33. The van der Waals surface area contributed by atoms with Gasteiger partial charge >= 0.3 is 0 Å². The molecule has 0 spiro atoms. The van der Waals surface area contributed by atoms with Crippen molar-refractivity contribution in [2.24, 2.45) is 5.92 Å². The first kappa shape index (κ1) is 10.8. The van der Waals surface area contributed by atoms with Crippen LogP contribution in [0, 0.1) is 5.92 Å². The van der Waals surface area contributed by atoms with Gasteiger partial charge in [-0.05, 0) is 43.2 Å². The van der Waals surface area contributed by atoms with Gasteiger partial charge in [-0.2, -0.15) is 0 Å². The van der Waals surface area contributed by atoms with Gasteiger partial charge in [0.15, 0.2) is 0 Å². The Morgan fingerprint density at radius 3 is 2.80 bits per heavy atom. The first-order valence-electron chi connectivity index (χ1n) is 5.55. The van der Waals surface area contributed by atoms with Gasteiger partial charge in [0.1, 0.15) is 5.75 Å². The number of ether oxygens (including phenoxy) is 1. The van der Waals surface area contributed by atoms with Crippen molar-refractivity contribution < 1.29 is 4.74 Å². The molecule has 0 amide bonds. The Bertz CT molecular complexity index is 324. The van der Waals surface area contributed by atoms with E-state index in [1.54, 1.807) is 7.11 Å². The molecule has 0 aromatic heterocycles. The fourth-order valence-corrected chi connectivity index (χ4v) is 2.76. The Morgan fingerprint density at radius 2 is 2.13 bits per heavy atom. The molecule has 2 rings (SSSR count). The number of para-hydroxylation sites is 1. The van der Waals surface area contributed by atoms with E-state index in [4.69, 9.17) is 16.3 Å². The van der Waals surface area contributed by atoms with Gasteiger partial charge in [-0.3, -0.25) is 0 Å². The largest absolute Gasteiger partial charge is 0.496 e. The van der Waals surface area contributed by atoms with Crippen molar-refractivity contribution >= 4 is 11.6 Å². The molecule has 2 atom stereocenters. The maximum Gasteiger partial charge on any atom is 0.122 e. The smallest absolute Gasteiger partial charge is 0.122 e. The summed E-state index contributed by atoms with van der Waals surface area (Å²) in [5.41, 5.74) is 1.32. The molecule has 0 bridgehead atoms. The average Bonchev–Trinajstić information content (AvgIpc) is 2.65. The van der Waals surface area contributed by atoms with Crippen LogP contribution < -0.4 is 4.74 Å². The third kappa shape index (κ3) is 2.66. The van der Waals surface area contributed by atoms with Gasteiger partial charge in [0.25, 0.3) is 0 Å². The monoisotopic (exact) mass is 224 g/mol. The molecule has 0 heterocycles. The Balaban J connectivity index is 2.04. The Kier molecular flexibility index (Phi) is 3.53. The van der Waals surface area contributed by atoms with Gasteiger partial charge in [0, 0.05) is 5.38 Å². The second kappa shape index (κ2) is 4.89. The number of halogens is 1. The van der Waals surface area contributed by atoms with Gasteiger partial charge in [-0.15, -0.1) is 11.6 Å². The summed E-state index contributed by atoms with van der Waals surface area (Å²) in [6.45, 7) is 0. The molecule has 1 aliphatic carbocycles. The molecule has 1 fully saturated rings. The van der Waals surface area contributed by atoms with E-state index in [-0.39, 0.29) is 0 Å². The highest BCUT2D eigenvalue weighted by molar-refractivity contribution is 6.20. The van der Waals surface area contributed by atoms with Crippen molar-refractivity contribution in [1.29, 1.82) is 0 Å². The van der Waals surface area contributed by atoms with E-state index in [0.717, 1.165) is 24.5 Å². The third-order valence-electron chi connectivity index (χ3n) is 3.18. The molecule has 15 heavy (non-hydrogen) atoms. The van der Waals surface area contributed by atoms with Crippen molar-refractivity contribution in [3.8, 4) is 5.75 Å². The van der Waals surface area contributed by atoms with Crippen LogP contribution in [0.25, 0.3) is 0 Å². The number of hydrogen-bond donors (Lipinski definition) is 0. The highest BCUT2D eigenvalue weighted by atomic mass is 35.5. The van der Waals surface area contributed by atoms with Crippen LogP contribution in [0.4, 0.5) is 0 Å². The molecule has 0 aliphatic heterocycles. The van der Waals surface area contributed by atoms with Gasteiger partial charge in [-0.25, -0.2) is 0 Å². The maximum absolute atomic E-state index is 6.12. The van der Waals surface area contributed by atoms with Gasteiger partial charge in [-0.1, -0.05) is 18.2 Å². The molecule has 2 unspecified atom stereocenters. The number of hydrogen-bond acceptors (Lipinski definition) is 1. The molecule has 0 N–H and O–H groups in total. The van der Waals surface area contributed by atoms with Crippen LogP contribution in [0.3, 0.4) is 0 Å². The zero-order chi connectivity index (χ0) is 10.7. The van der Waals surface area contributed by atoms with E-state index >= 15 is 0 Å². The average molecular weight is 225 g/mol. The standard InChI is InChI=1S/C13H17ClO/c1-15-13-5-3-2-4-11(13)8-10-6-7-12(14)9-10/h2-5,10,12H,6-9H2,1H3. The first-order chi connectivity index (χ1) is 7.29. The van der Waals surface area contributed by atoms with Gasteiger partial charge < -0.3 is 4.74 Å². The second-order valence-electron chi connectivity index (χ2n) is 4.29. The summed E-state index contributed by atoms with van der Waals surface area (Å²) >= 11 is 6.12.